The molecule has 6 heteroatoms. The zero-order chi connectivity index (χ0) is 22.5. The number of carbonyl (C=O) groups excluding carboxylic acids is 2. The Labute approximate surface area is 189 Å². The molecule has 0 unspecified atom stereocenters. The summed E-state index contributed by atoms with van der Waals surface area (Å²) in [6.45, 7) is 0. The number of ether oxygens (including phenoxy) is 2. The van der Waals surface area contributed by atoms with Crippen molar-refractivity contribution in [2.75, 3.05) is 24.9 Å². The summed E-state index contributed by atoms with van der Waals surface area (Å²) in [4.78, 5) is 25.0. The Bertz CT molecular complexity index is 896. The van der Waals surface area contributed by atoms with Crippen molar-refractivity contribution in [1.82, 2.24) is 0 Å². The second-order valence-corrected chi connectivity index (χ2v) is 8.77. The maximum Gasteiger partial charge on any atom is 0.227 e. The van der Waals surface area contributed by atoms with E-state index in [1.54, 1.807) is 14.2 Å². The lowest BCUT2D eigenvalue weighted by atomic mass is 10.0. The Morgan fingerprint density at radius 3 is 1.41 bits per heavy atom. The number of amides is 2. The lowest BCUT2D eigenvalue weighted by Crippen LogP contribution is -2.20. The first-order chi connectivity index (χ1) is 15.6. The van der Waals surface area contributed by atoms with Gasteiger partial charge in [0.1, 0.15) is 11.5 Å². The summed E-state index contributed by atoms with van der Waals surface area (Å²) in [6.07, 6.45) is 8.29. The molecule has 2 fully saturated rings. The Hall–Kier alpha value is -3.02. The monoisotopic (exact) mass is 436 g/mol. The molecule has 2 saturated carbocycles. The molecule has 0 saturated heterocycles. The predicted octanol–water partition coefficient (Wildman–Crippen LogP) is 5.63. The van der Waals surface area contributed by atoms with Crippen LogP contribution in [0.3, 0.4) is 0 Å². The van der Waals surface area contributed by atoms with Crippen molar-refractivity contribution in [1.29, 1.82) is 0 Å². The summed E-state index contributed by atoms with van der Waals surface area (Å²) in [6, 6.07) is 11.5. The van der Waals surface area contributed by atoms with E-state index >= 15 is 0 Å². The summed E-state index contributed by atoms with van der Waals surface area (Å²) in [7, 11) is 3.21. The van der Waals surface area contributed by atoms with Crippen LogP contribution in [-0.4, -0.2) is 26.0 Å². The predicted molar refractivity (Wildman–Crippen MR) is 126 cm³/mol. The number of hydrogen-bond acceptors (Lipinski definition) is 4. The third-order valence-electron chi connectivity index (χ3n) is 6.70. The number of nitrogens with one attached hydrogen (secondary N) is 2. The van der Waals surface area contributed by atoms with Crippen molar-refractivity contribution >= 4 is 23.2 Å². The van der Waals surface area contributed by atoms with E-state index in [-0.39, 0.29) is 23.7 Å². The van der Waals surface area contributed by atoms with Crippen molar-refractivity contribution < 1.29 is 19.1 Å². The number of carbonyl (C=O) groups is 2. The summed E-state index contributed by atoms with van der Waals surface area (Å²) in [5.74, 6) is 1.55. The number of methoxy groups -OCH3 is 2. The Kier molecular flexibility index (Phi) is 6.98. The van der Waals surface area contributed by atoms with E-state index in [0.29, 0.717) is 22.9 Å². The van der Waals surface area contributed by atoms with E-state index in [0.717, 1.165) is 62.5 Å². The van der Waals surface area contributed by atoms with Gasteiger partial charge in [0.25, 0.3) is 0 Å². The summed E-state index contributed by atoms with van der Waals surface area (Å²) in [5.41, 5.74) is 3.24. The first-order valence-corrected chi connectivity index (χ1v) is 11.6. The molecule has 0 aliphatic heterocycles. The van der Waals surface area contributed by atoms with Crippen LogP contribution in [0.4, 0.5) is 11.4 Å². The van der Waals surface area contributed by atoms with E-state index in [1.165, 1.54) is 0 Å². The van der Waals surface area contributed by atoms with Crippen molar-refractivity contribution in [2.24, 2.45) is 11.8 Å². The highest BCUT2D eigenvalue weighted by Crippen LogP contribution is 2.36. The van der Waals surface area contributed by atoms with Crippen LogP contribution >= 0.6 is 0 Å². The van der Waals surface area contributed by atoms with Crippen LogP contribution in [0, 0.1) is 11.8 Å². The largest absolute Gasteiger partial charge is 0.495 e. The van der Waals surface area contributed by atoms with E-state index in [2.05, 4.69) is 10.6 Å². The molecular formula is C26H32N2O4. The van der Waals surface area contributed by atoms with Crippen LogP contribution in [0.2, 0.25) is 0 Å². The lowest BCUT2D eigenvalue weighted by molar-refractivity contribution is -0.120. The van der Waals surface area contributed by atoms with Gasteiger partial charge in [0, 0.05) is 11.8 Å². The molecule has 0 aromatic heterocycles. The van der Waals surface area contributed by atoms with Crippen LogP contribution in [0.1, 0.15) is 51.4 Å². The first kappa shape index (κ1) is 22.2. The SMILES string of the molecule is COc1cc(-c2ccc(NC(=O)C3CCCC3)c(OC)c2)ccc1NC(=O)C1CCCC1. The highest BCUT2D eigenvalue weighted by molar-refractivity contribution is 5.95. The molecule has 2 amide bonds. The maximum atomic E-state index is 12.5. The van der Waals surface area contributed by atoms with Crippen LogP contribution in [-0.2, 0) is 9.59 Å². The fourth-order valence-corrected chi connectivity index (χ4v) is 4.79. The first-order valence-electron chi connectivity index (χ1n) is 11.6. The zero-order valence-corrected chi connectivity index (χ0v) is 18.9. The van der Waals surface area contributed by atoms with Crippen molar-refractivity contribution in [3.63, 3.8) is 0 Å². The molecule has 2 N–H and O–H groups in total. The fourth-order valence-electron chi connectivity index (χ4n) is 4.79. The summed E-state index contributed by atoms with van der Waals surface area (Å²) >= 11 is 0. The number of benzene rings is 2. The molecule has 0 atom stereocenters. The van der Waals surface area contributed by atoms with Crippen molar-refractivity contribution in [3.8, 4) is 22.6 Å². The van der Waals surface area contributed by atoms with Crippen LogP contribution < -0.4 is 20.1 Å². The third kappa shape index (κ3) is 4.90. The Morgan fingerprint density at radius 1 is 0.688 bits per heavy atom. The van der Waals surface area contributed by atoms with E-state index in [1.807, 2.05) is 36.4 Å². The topological polar surface area (TPSA) is 76.7 Å². The minimum Gasteiger partial charge on any atom is -0.495 e. The highest BCUT2D eigenvalue weighted by Gasteiger charge is 2.24. The minimum absolute atomic E-state index is 0.0672. The normalized spacial score (nSPS) is 16.7. The lowest BCUT2D eigenvalue weighted by Gasteiger charge is -2.16. The number of anilines is 2. The molecule has 4 rings (SSSR count). The molecule has 2 aromatic rings. The van der Waals surface area contributed by atoms with Gasteiger partial charge in [-0.15, -0.1) is 0 Å². The van der Waals surface area contributed by atoms with Gasteiger partial charge in [-0.3, -0.25) is 9.59 Å². The van der Waals surface area contributed by atoms with Gasteiger partial charge in [0.15, 0.2) is 0 Å². The maximum absolute atomic E-state index is 12.5. The van der Waals surface area contributed by atoms with E-state index in [4.69, 9.17) is 9.47 Å². The second kappa shape index (κ2) is 10.1. The molecule has 0 spiro atoms. The third-order valence-corrected chi connectivity index (χ3v) is 6.70. The Balaban J connectivity index is 1.52. The van der Waals surface area contributed by atoms with Crippen molar-refractivity contribution in [2.45, 2.75) is 51.4 Å². The van der Waals surface area contributed by atoms with E-state index in [9.17, 15) is 9.59 Å². The van der Waals surface area contributed by atoms with Crippen LogP contribution in [0.5, 0.6) is 11.5 Å². The summed E-state index contributed by atoms with van der Waals surface area (Å²) in [5, 5.41) is 6.05. The minimum atomic E-state index is 0.0672. The van der Waals surface area contributed by atoms with Gasteiger partial charge in [-0.25, -0.2) is 0 Å². The molecule has 2 aromatic carbocycles. The molecule has 0 bridgehead atoms. The van der Waals surface area contributed by atoms with Gasteiger partial charge in [-0.2, -0.15) is 0 Å². The van der Waals surface area contributed by atoms with Gasteiger partial charge < -0.3 is 20.1 Å². The van der Waals surface area contributed by atoms with Gasteiger partial charge in [0.05, 0.1) is 25.6 Å². The van der Waals surface area contributed by atoms with Gasteiger partial charge in [-0.1, -0.05) is 37.8 Å². The molecule has 0 heterocycles. The standard InChI is InChI=1S/C26H32N2O4/c1-31-23-15-19(11-13-21(23)27-25(29)17-7-3-4-8-17)20-12-14-22(24(16-20)32-2)28-26(30)18-9-5-6-10-18/h11-18H,3-10H2,1-2H3,(H,27,29)(H,28,30). The van der Waals surface area contributed by atoms with E-state index < -0.39 is 0 Å². The summed E-state index contributed by atoms with van der Waals surface area (Å²) < 4.78 is 11.1. The van der Waals surface area contributed by atoms with Gasteiger partial charge in [0.2, 0.25) is 11.8 Å². The molecular weight excluding hydrogens is 404 g/mol. The van der Waals surface area contributed by atoms with Crippen molar-refractivity contribution in [3.05, 3.63) is 36.4 Å². The average molecular weight is 437 g/mol. The zero-order valence-electron chi connectivity index (χ0n) is 18.9. The number of hydrogen-bond donors (Lipinski definition) is 2. The quantitative estimate of drug-likeness (QED) is 0.590. The molecule has 170 valence electrons. The van der Waals surface area contributed by atoms with Gasteiger partial charge >= 0.3 is 0 Å². The molecule has 32 heavy (non-hydrogen) atoms. The Morgan fingerprint density at radius 2 is 1.06 bits per heavy atom. The fraction of sp³-hybridized carbons (Fsp3) is 0.462. The van der Waals surface area contributed by atoms with Crippen LogP contribution in [0.25, 0.3) is 11.1 Å². The second-order valence-electron chi connectivity index (χ2n) is 8.77. The molecule has 2 aliphatic rings. The smallest absolute Gasteiger partial charge is 0.227 e. The molecule has 2 aliphatic carbocycles. The molecule has 6 nitrogen and oxygen atoms in total. The van der Waals surface area contributed by atoms with Gasteiger partial charge in [-0.05, 0) is 61.1 Å². The highest BCUT2D eigenvalue weighted by atomic mass is 16.5. The molecule has 0 radical (unpaired) electrons. The van der Waals surface area contributed by atoms with Crippen LogP contribution in [0.15, 0.2) is 36.4 Å². The average Bonchev–Trinajstić information content (AvgIpc) is 3.54. The number of rotatable bonds is 7.